The number of carbonyl (C=O) groups excluding carboxylic acids is 1. The molecule has 0 saturated carbocycles. The van der Waals surface area contributed by atoms with Gasteiger partial charge >= 0.3 is 0 Å². The molecule has 22 heavy (non-hydrogen) atoms. The number of aromatic hydroxyl groups is 2. The molecule has 0 saturated heterocycles. The van der Waals surface area contributed by atoms with Gasteiger partial charge in [0, 0.05) is 12.0 Å². The van der Waals surface area contributed by atoms with Crippen molar-refractivity contribution in [1.82, 2.24) is 5.43 Å². The first-order chi connectivity index (χ1) is 10.6. The minimum Gasteiger partial charge on any atom is -0.508 e. The van der Waals surface area contributed by atoms with Gasteiger partial charge in [-0.2, -0.15) is 5.10 Å². The third kappa shape index (κ3) is 4.34. The van der Waals surface area contributed by atoms with Crippen LogP contribution in [0.25, 0.3) is 0 Å². The first-order valence-corrected chi connectivity index (χ1v) is 6.95. The van der Waals surface area contributed by atoms with Crippen molar-refractivity contribution in [3.05, 3.63) is 59.7 Å². The van der Waals surface area contributed by atoms with Gasteiger partial charge in [-0.1, -0.05) is 30.3 Å². The lowest BCUT2D eigenvalue weighted by atomic mass is 10.1. The van der Waals surface area contributed by atoms with Gasteiger partial charge in [-0.3, -0.25) is 4.79 Å². The fraction of sp³-hybridized carbons (Fsp3) is 0.176. The zero-order valence-corrected chi connectivity index (χ0v) is 12.3. The molecule has 0 aliphatic carbocycles. The highest BCUT2D eigenvalue weighted by molar-refractivity contribution is 6.01. The lowest BCUT2D eigenvalue weighted by Gasteiger charge is -2.06. The molecule has 2 aromatic rings. The minimum absolute atomic E-state index is 0.00224. The Bertz CT molecular complexity index is 682. The van der Waals surface area contributed by atoms with Gasteiger partial charge in [0.15, 0.2) is 0 Å². The maximum absolute atomic E-state index is 11.8. The molecular weight excluding hydrogens is 280 g/mol. The summed E-state index contributed by atoms with van der Waals surface area (Å²) in [5.74, 6) is -0.182. The smallest absolute Gasteiger partial charge is 0.240 e. The van der Waals surface area contributed by atoms with Crippen LogP contribution in [0.3, 0.4) is 0 Å². The molecule has 0 aliphatic heterocycles. The third-order valence-electron chi connectivity index (χ3n) is 3.20. The second-order valence-electron chi connectivity index (χ2n) is 4.92. The molecule has 0 heterocycles. The summed E-state index contributed by atoms with van der Waals surface area (Å²) >= 11 is 0. The number of hydrogen-bond donors (Lipinski definition) is 3. The van der Waals surface area contributed by atoms with E-state index in [1.54, 1.807) is 6.92 Å². The van der Waals surface area contributed by atoms with E-state index in [0.717, 1.165) is 5.56 Å². The molecule has 0 bridgehead atoms. The van der Waals surface area contributed by atoms with Crippen molar-refractivity contribution >= 4 is 11.6 Å². The largest absolute Gasteiger partial charge is 0.508 e. The van der Waals surface area contributed by atoms with E-state index >= 15 is 0 Å². The van der Waals surface area contributed by atoms with Gasteiger partial charge < -0.3 is 10.2 Å². The number of hydrazone groups is 1. The molecule has 2 aromatic carbocycles. The van der Waals surface area contributed by atoms with Gasteiger partial charge in [0.1, 0.15) is 11.5 Å². The number of phenolic OH excluding ortho intramolecular Hbond substituents is 2. The Kier molecular flexibility index (Phi) is 5.14. The summed E-state index contributed by atoms with van der Waals surface area (Å²) in [6, 6.07) is 13.9. The fourth-order valence-electron chi connectivity index (χ4n) is 1.98. The summed E-state index contributed by atoms with van der Waals surface area (Å²) in [6.07, 6.45) is 0.964. The summed E-state index contributed by atoms with van der Waals surface area (Å²) in [4.78, 5) is 11.8. The number of hydrogen-bond acceptors (Lipinski definition) is 4. The number of carbonyl (C=O) groups is 1. The van der Waals surface area contributed by atoms with E-state index in [4.69, 9.17) is 0 Å². The molecule has 0 spiro atoms. The zero-order valence-electron chi connectivity index (χ0n) is 12.3. The number of amides is 1. The van der Waals surface area contributed by atoms with Crippen LogP contribution in [-0.2, 0) is 11.2 Å². The molecule has 3 N–H and O–H groups in total. The van der Waals surface area contributed by atoms with E-state index in [9.17, 15) is 15.0 Å². The van der Waals surface area contributed by atoms with Crippen LogP contribution in [0.4, 0.5) is 0 Å². The Morgan fingerprint density at radius 3 is 2.59 bits per heavy atom. The highest BCUT2D eigenvalue weighted by Crippen LogP contribution is 2.22. The zero-order chi connectivity index (χ0) is 15.9. The molecule has 0 atom stereocenters. The molecule has 0 aromatic heterocycles. The Morgan fingerprint density at radius 2 is 1.86 bits per heavy atom. The van der Waals surface area contributed by atoms with Crippen LogP contribution < -0.4 is 5.43 Å². The van der Waals surface area contributed by atoms with Crippen LogP contribution in [0.5, 0.6) is 11.5 Å². The van der Waals surface area contributed by atoms with Crippen LogP contribution in [0, 0.1) is 0 Å². The average molecular weight is 298 g/mol. The topological polar surface area (TPSA) is 81.9 Å². The SMILES string of the molecule is C/C(=N/NC(=O)CCc1ccccc1)c1cc(O)ccc1O. The molecule has 0 radical (unpaired) electrons. The molecule has 5 nitrogen and oxygen atoms in total. The maximum Gasteiger partial charge on any atom is 0.240 e. The predicted octanol–water partition coefficient (Wildman–Crippen LogP) is 2.57. The summed E-state index contributed by atoms with van der Waals surface area (Å²) in [5.41, 5.74) is 4.34. The summed E-state index contributed by atoms with van der Waals surface area (Å²) < 4.78 is 0. The van der Waals surface area contributed by atoms with Crippen molar-refractivity contribution < 1.29 is 15.0 Å². The van der Waals surface area contributed by atoms with Gasteiger partial charge in [0.05, 0.1) is 5.71 Å². The Labute approximate surface area is 128 Å². The normalized spacial score (nSPS) is 11.2. The fourth-order valence-corrected chi connectivity index (χ4v) is 1.98. The van der Waals surface area contributed by atoms with E-state index < -0.39 is 0 Å². The second-order valence-corrected chi connectivity index (χ2v) is 4.92. The monoisotopic (exact) mass is 298 g/mol. The van der Waals surface area contributed by atoms with Gasteiger partial charge in [-0.05, 0) is 37.1 Å². The van der Waals surface area contributed by atoms with Gasteiger partial charge in [0.25, 0.3) is 0 Å². The van der Waals surface area contributed by atoms with Crippen molar-refractivity contribution in [3.63, 3.8) is 0 Å². The van der Waals surface area contributed by atoms with Crippen LogP contribution in [-0.4, -0.2) is 21.8 Å². The van der Waals surface area contributed by atoms with Crippen LogP contribution in [0.15, 0.2) is 53.6 Å². The van der Waals surface area contributed by atoms with Gasteiger partial charge in [-0.25, -0.2) is 5.43 Å². The number of phenols is 2. The van der Waals surface area contributed by atoms with Crippen molar-refractivity contribution in [2.24, 2.45) is 5.10 Å². The van der Waals surface area contributed by atoms with E-state index in [1.165, 1.54) is 18.2 Å². The molecule has 2 rings (SSSR count). The van der Waals surface area contributed by atoms with Gasteiger partial charge in [0.2, 0.25) is 5.91 Å². The first-order valence-electron chi connectivity index (χ1n) is 6.95. The Balaban J connectivity index is 1.93. The number of benzene rings is 2. The lowest BCUT2D eigenvalue weighted by molar-refractivity contribution is -0.121. The summed E-state index contributed by atoms with van der Waals surface area (Å²) in [5, 5.41) is 23.1. The Morgan fingerprint density at radius 1 is 1.14 bits per heavy atom. The van der Waals surface area contributed by atoms with Crippen LogP contribution >= 0.6 is 0 Å². The molecule has 0 unspecified atom stereocenters. The van der Waals surface area contributed by atoms with Crippen molar-refractivity contribution in [3.8, 4) is 11.5 Å². The third-order valence-corrected chi connectivity index (χ3v) is 3.20. The number of aryl methyl sites for hydroxylation is 1. The quantitative estimate of drug-likeness (QED) is 0.451. The van der Waals surface area contributed by atoms with Crippen LogP contribution in [0.2, 0.25) is 0 Å². The lowest BCUT2D eigenvalue weighted by Crippen LogP contribution is -2.19. The maximum atomic E-state index is 11.8. The second kappa shape index (κ2) is 7.26. The van der Waals surface area contributed by atoms with E-state index in [2.05, 4.69) is 10.5 Å². The van der Waals surface area contributed by atoms with E-state index in [1.807, 2.05) is 30.3 Å². The molecule has 5 heteroatoms. The number of nitrogens with zero attached hydrogens (tertiary/aromatic N) is 1. The van der Waals surface area contributed by atoms with E-state index in [-0.39, 0.29) is 17.4 Å². The molecule has 114 valence electrons. The molecule has 1 amide bonds. The first kappa shape index (κ1) is 15.6. The Hall–Kier alpha value is -2.82. The highest BCUT2D eigenvalue weighted by Gasteiger charge is 2.07. The minimum atomic E-state index is -0.206. The summed E-state index contributed by atoms with van der Waals surface area (Å²) in [6.45, 7) is 1.64. The van der Waals surface area contributed by atoms with Crippen molar-refractivity contribution in [2.45, 2.75) is 19.8 Å². The number of rotatable bonds is 5. The standard InChI is InChI=1S/C17H18N2O3/c1-12(15-11-14(20)8-9-16(15)21)18-19-17(22)10-7-13-5-3-2-4-6-13/h2-6,8-9,11,20-21H,7,10H2,1H3,(H,19,22)/b18-12-. The molecule has 0 fully saturated rings. The number of nitrogens with one attached hydrogen (secondary N) is 1. The average Bonchev–Trinajstić information content (AvgIpc) is 2.54. The highest BCUT2D eigenvalue weighted by atomic mass is 16.3. The van der Waals surface area contributed by atoms with E-state index in [0.29, 0.717) is 24.1 Å². The van der Waals surface area contributed by atoms with Crippen molar-refractivity contribution in [2.75, 3.05) is 0 Å². The van der Waals surface area contributed by atoms with Crippen molar-refractivity contribution in [1.29, 1.82) is 0 Å². The predicted molar refractivity (Wildman–Crippen MR) is 84.9 cm³/mol. The molecule has 0 aliphatic rings. The summed E-state index contributed by atoms with van der Waals surface area (Å²) in [7, 11) is 0. The molecular formula is C17H18N2O3. The van der Waals surface area contributed by atoms with Gasteiger partial charge in [-0.15, -0.1) is 0 Å². The van der Waals surface area contributed by atoms with Crippen LogP contribution in [0.1, 0.15) is 24.5 Å².